The first-order valence-corrected chi connectivity index (χ1v) is 26.1. The number of carbonyl (C=O) groups excluding carboxylic acids is 2. The maximum Gasteiger partial charge on any atom is 0.472 e. The Labute approximate surface area is 373 Å². The average molecular weight is 883 g/mol. The molecule has 0 heterocycles. The number of hydrogen-bond acceptors (Lipinski definition) is 9. The molecule has 0 rings (SSSR count). The first-order chi connectivity index (χ1) is 29.7. The van der Waals surface area contributed by atoms with Crippen molar-refractivity contribution < 1.29 is 47.8 Å². The molecule has 0 aliphatic carbocycles. The van der Waals surface area contributed by atoms with Gasteiger partial charge in [-0.05, 0) is 57.8 Å². The third-order valence-electron chi connectivity index (χ3n) is 10.5. The topological polar surface area (TPSA) is 149 Å². The highest BCUT2D eigenvalue weighted by atomic mass is 31.2. The largest absolute Gasteiger partial charge is 0.472 e. The van der Waals surface area contributed by atoms with Crippen molar-refractivity contribution in [1.29, 1.82) is 0 Å². The second kappa shape index (κ2) is 45.9. The summed E-state index contributed by atoms with van der Waals surface area (Å²) in [7, 11) is -4.63. The second-order valence-electron chi connectivity index (χ2n) is 16.5. The summed E-state index contributed by atoms with van der Waals surface area (Å²) in [5.74, 6) is -0.954. The molecule has 0 aromatic carbocycles. The van der Waals surface area contributed by atoms with Crippen LogP contribution in [0.1, 0.15) is 219 Å². The van der Waals surface area contributed by atoms with Crippen molar-refractivity contribution in [3.8, 4) is 0 Å². The van der Waals surface area contributed by atoms with Gasteiger partial charge < -0.3 is 24.6 Å². The van der Waals surface area contributed by atoms with Gasteiger partial charge in [0.25, 0.3) is 0 Å². The van der Waals surface area contributed by atoms with Crippen LogP contribution in [0.3, 0.4) is 0 Å². The predicted molar refractivity (Wildman–Crippen MR) is 251 cm³/mol. The Hall–Kier alpha value is -2.07. The molecule has 11 heteroatoms. The Morgan fingerprint density at radius 2 is 0.852 bits per heavy atom. The quantitative estimate of drug-likeness (QED) is 0.0233. The number of ether oxygens (including phenoxy) is 2. The van der Waals surface area contributed by atoms with Crippen molar-refractivity contribution >= 4 is 19.8 Å². The monoisotopic (exact) mass is 883 g/mol. The number of rotatable bonds is 46. The van der Waals surface area contributed by atoms with E-state index in [0.29, 0.717) is 12.8 Å². The number of aliphatic hydroxyl groups excluding tert-OH is 2. The first kappa shape index (κ1) is 58.9. The van der Waals surface area contributed by atoms with E-state index in [1.54, 1.807) is 0 Å². The van der Waals surface area contributed by atoms with Gasteiger partial charge in [0.05, 0.1) is 19.8 Å². The van der Waals surface area contributed by atoms with E-state index < -0.39 is 51.8 Å². The normalized spacial score (nSPS) is 14.1. The predicted octanol–water partition coefficient (Wildman–Crippen LogP) is 13.7. The number of phosphoric ester groups is 1. The van der Waals surface area contributed by atoms with E-state index in [2.05, 4.69) is 62.5 Å². The van der Waals surface area contributed by atoms with Gasteiger partial charge >= 0.3 is 19.8 Å². The van der Waals surface area contributed by atoms with Crippen LogP contribution >= 0.6 is 7.82 Å². The zero-order valence-corrected chi connectivity index (χ0v) is 39.8. The maximum absolute atomic E-state index is 12.6. The van der Waals surface area contributed by atoms with Gasteiger partial charge in [0.2, 0.25) is 0 Å². The van der Waals surface area contributed by atoms with Crippen LogP contribution in [0.5, 0.6) is 0 Å². The van der Waals surface area contributed by atoms with Crippen molar-refractivity contribution in [3.05, 3.63) is 48.6 Å². The molecule has 3 N–H and O–H groups in total. The summed E-state index contributed by atoms with van der Waals surface area (Å²) >= 11 is 0. The van der Waals surface area contributed by atoms with E-state index in [9.17, 15) is 24.2 Å². The average Bonchev–Trinajstić information content (AvgIpc) is 3.25. The van der Waals surface area contributed by atoms with Crippen LogP contribution in [0.4, 0.5) is 0 Å². The van der Waals surface area contributed by atoms with Crippen LogP contribution in [0.15, 0.2) is 48.6 Å². The molecule has 3 atom stereocenters. The van der Waals surface area contributed by atoms with E-state index >= 15 is 0 Å². The van der Waals surface area contributed by atoms with Crippen molar-refractivity contribution in [2.75, 3.05) is 26.4 Å². The first-order valence-electron chi connectivity index (χ1n) is 24.6. The summed E-state index contributed by atoms with van der Waals surface area (Å²) in [6, 6.07) is 0. The van der Waals surface area contributed by atoms with E-state index in [0.717, 1.165) is 57.8 Å². The highest BCUT2D eigenvalue weighted by Gasteiger charge is 2.27. The minimum Gasteiger partial charge on any atom is -0.462 e. The summed E-state index contributed by atoms with van der Waals surface area (Å²) in [6.45, 7) is 2.34. The van der Waals surface area contributed by atoms with Gasteiger partial charge in [0.1, 0.15) is 12.7 Å². The van der Waals surface area contributed by atoms with Crippen molar-refractivity contribution in [1.82, 2.24) is 0 Å². The SMILES string of the molecule is CCCCC/C=C/C/C=C/C/C=C/C/C=C/CCCCCC(=O)O[C@H](COC(=O)CCCCCCCCCCCCCCCCCCCCC)COP(=O)(O)OC[C@@H](O)CO. The lowest BCUT2D eigenvalue weighted by Crippen LogP contribution is -2.29. The molecule has 0 amide bonds. The Balaban J connectivity index is 4.26. The van der Waals surface area contributed by atoms with Gasteiger partial charge in [-0.2, -0.15) is 0 Å². The molecular weight excluding hydrogens is 792 g/mol. The number of aliphatic hydroxyl groups is 2. The zero-order chi connectivity index (χ0) is 44.8. The van der Waals surface area contributed by atoms with Crippen LogP contribution in [-0.2, 0) is 32.7 Å². The van der Waals surface area contributed by atoms with Crippen molar-refractivity contribution in [3.63, 3.8) is 0 Å². The lowest BCUT2D eigenvalue weighted by atomic mass is 10.0. The molecule has 0 spiro atoms. The van der Waals surface area contributed by atoms with Crippen LogP contribution < -0.4 is 0 Å². The van der Waals surface area contributed by atoms with Gasteiger partial charge in [0.15, 0.2) is 6.10 Å². The molecule has 61 heavy (non-hydrogen) atoms. The smallest absolute Gasteiger partial charge is 0.462 e. The van der Waals surface area contributed by atoms with Crippen LogP contribution in [-0.4, -0.2) is 65.7 Å². The number of phosphoric acid groups is 1. The van der Waals surface area contributed by atoms with Gasteiger partial charge in [-0.25, -0.2) is 4.57 Å². The minimum absolute atomic E-state index is 0.147. The fourth-order valence-electron chi connectivity index (χ4n) is 6.68. The van der Waals surface area contributed by atoms with Crippen molar-refractivity contribution in [2.45, 2.75) is 232 Å². The number of carbonyl (C=O) groups is 2. The molecule has 356 valence electrons. The van der Waals surface area contributed by atoms with Gasteiger partial charge in [-0.15, -0.1) is 0 Å². The van der Waals surface area contributed by atoms with Crippen LogP contribution in [0, 0.1) is 0 Å². The molecule has 0 aromatic rings. The maximum atomic E-state index is 12.6. The third-order valence-corrected chi connectivity index (χ3v) is 11.4. The van der Waals surface area contributed by atoms with Crippen molar-refractivity contribution in [2.24, 2.45) is 0 Å². The Bertz CT molecular complexity index is 1150. The van der Waals surface area contributed by atoms with E-state index in [1.165, 1.54) is 122 Å². The highest BCUT2D eigenvalue weighted by molar-refractivity contribution is 7.47. The van der Waals surface area contributed by atoms with Gasteiger partial charge in [-0.3, -0.25) is 18.6 Å². The Morgan fingerprint density at radius 3 is 1.31 bits per heavy atom. The number of allylic oxidation sites excluding steroid dienone is 8. The highest BCUT2D eigenvalue weighted by Crippen LogP contribution is 2.43. The molecule has 0 saturated heterocycles. The molecule has 0 fully saturated rings. The van der Waals surface area contributed by atoms with Crippen LogP contribution in [0.2, 0.25) is 0 Å². The third kappa shape index (κ3) is 45.8. The van der Waals surface area contributed by atoms with Crippen LogP contribution in [0.25, 0.3) is 0 Å². The summed E-state index contributed by atoms with van der Waals surface area (Å²) in [5, 5.41) is 18.4. The summed E-state index contributed by atoms with van der Waals surface area (Å²) < 4.78 is 32.8. The molecule has 0 saturated carbocycles. The molecular formula is C50H91O10P. The molecule has 0 aliphatic rings. The zero-order valence-electron chi connectivity index (χ0n) is 38.9. The molecule has 1 unspecified atom stereocenters. The molecule has 0 aromatic heterocycles. The molecule has 0 radical (unpaired) electrons. The van der Waals surface area contributed by atoms with E-state index in [1.807, 2.05) is 0 Å². The Morgan fingerprint density at radius 1 is 0.492 bits per heavy atom. The molecule has 0 aliphatic heterocycles. The Kier molecular flexibility index (Phi) is 44.4. The number of esters is 2. The summed E-state index contributed by atoms with van der Waals surface area (Å²) in [4.78, 5) is 35.1. The lowest BCUT2D eigenvalue weighted by Gasteiger charge is -2.20. The fraction of sp³-hybridized carbons (Fsp3) is 0.800. The second-order valence-corrected chi connectivity index (χ2v) is 17.9. The van der Waals surface area contributed by atoms with Gasteiger partial charge in [0, 0.05) is 12.8 Å². The number of unbranched alkanes of at least 4 members (excludes halogenated alkanes) is 24. The lowest BCUT2D eigenvalue weighted by molar-refractivity contribution is -0.161. The van der Waals surface area contributed by atoms with E-state index in [4.69, 9.17) is 23.6 Å². The standard InChI is InChI=1S/C50H91O10P/c1-3-5-7-9-11-13-15-17-19-21-23-25-27-29-31-33-35-37-39-41-49(53)57-45-48(46-59-61(55,56)58-44-47(52)43-51)60-50(54)42-40-38-36-34-32-30-28-26-24-22-20-18-16-14-12-10-8-6-4-2/h12,14,18,20,24,26,30,32,47-48,51-52H,3-11,13,15-17,19,21-23,25,27-29,31,33-46H2,1-2H3,(H,55,56)/b14-12+,20-18+,26-24+,32-30+/t47-,48+/m0/s1. The number of hydrogen-bond donors (Lipinski definition) is 3. The molecule has 0 bridgehead atoms. The molecule has 10 nitrogen and oxygen atoms in total. The fourth-order valence-corrected chi connectivity index (χ4v) is 7.47. The van der Waals surface area contributed by atoms with Gasteiger partial charge in [-0.1, -0.05) is 197 Å². The minimum atomic E-state index is -4.63. The summed E-state index contributed by atoms with van der Waals surface area (Å²) in [6.07, 6.45) is 50.7. The summed E-state index contributed by atoms with van der Waals surface area (Å²) in [5.41, 5.74) is 0. The van der Waals surface area contributed by atoms with E-state index in [-0.39, 0.29) is 19.4 Å².